The van der Waals surface area contributed by atoms with Crippen molar-refractivity contribution in [2.75, 3.05) is 7.05 Å². The van der Waals surface area contributed by atoms with E-state index in [1.807, 2.05) is 33.0 Å². The second kappa shape index (κ2) is 6.93. The normalized spacial score (nSPS) is 9.00. The van der Waals surface area contributed by atoms with Gasteiger partial charge in [0.2, 0.25) is 0 Å². The van der Waals surface area contributed by atoms with Crippen molar-refractivity contribution in [1.29, 1.82) is 0 Å². The molecule has 0 unspecified atom stereocenters. The van der Waals surface area contributed by atoms with Crippen LogP contribution < -0.4 is 5.32 Å². The fraction of sp³-hybridized carbons (Fsp3) is 0.455. The first-order chi connectivity index (χ1) is 6.25. The van der Waals surface area contributed by atoms with Gasteiger partial charge >= 0.3 is 0 Å². The van der Waals surface area contributed by atoms with Crippen LogP contribution in [0, 0.1) is 6.92 Å². The zero-order valence-electron chi connectivity index (χ0n) is 8.82. The predicted molar refractivity (Wildman–Crippen MR) is 60.3 cm³/mol. The first kappa shape index (κ1) is 12.5. The van der Waals surface area contributed by atoms with E-state index in [1.165, 1.54) is 11.1 Å². The monoisotopic (exact) mass is 199 g/mol. The lowest BCUT2D eigenvalue weighted by molar-refractivity contribution is 0.812. The van der Waals surface area contributed by atoms with Gasteiger partial charge in [-0.3, -0.25) is 0 Å². The molecule has 0 atom stereocenters. The summed E-state index contributed by atoms with van der Waals surface area (Å²) in [5.41, 5.74) is 2.43. The van der Waals surface area contributed by atoms with Gasteiger partial charge in [0, 0.05) is 11.6 Å². The highest BCUT2D eigenvalue weighted by Gasteiger charge is 2.00. The molecule has 1 N–H and O–H groups in total. The zero-order valence-corrected chi connectivity index (χ0v) is 9.57. The maximum Gasteiger partial charge on any atom is 0.0453 e. The average molecular weight is 200 g/mol. The Hall–Kier alpha value is -0.530. The largest absolute Gasteiger partial charge is 0.316 e. The molecular weight excluding hydrogens is 182 g/mol. The van der Waals surface area contributed by atoms with Crippen molar-refractivity contribution in [3.63, 3.8) is 0 Å². The van der Waals surface area contributed by atoms with E-state index in [2.05, 4.69) is 18.3 Å². The van der Waals surface area contributed by atoms with Gasteiger partial charge in [0.25, 0.3) is 0 Å². The van der Waals surface area contributed by atoms with Gasteiger partial charge in [0.15, 0.2) is 0 Å². The van der Waals surface area contributed by atoms with Crippen molar-refractivity contribution < 1.29 is 0 Å². The summed E-state index contributed by atoms with van der Waals surface area (Å²) in [6.07, 6.45) is 0. The molecule has 0 amide bonds. The Morgan fingerprint density at radius 1 is 1.31 bits per heavy atom. The number of rotatable bonds is 2. The minimum atomic E-state index is 0.839. The Labute approximate surface area is 86.1 Å². The average Bonchev–Trinajstić information content (AvgIpc) is 2.15. The summed E-state index contributed by atoms with van der Waals surface area (Å²) in [7, 11) is 1.92. The van der Waals surface area contributed by atoms with E-state index in [0.29, 0.717) is 0 Å². The third-order valence-corrected chi connectivity index (χ3v) is 2.06. The van der Waals surface area contributed by atoms with E-state index in [-0.39, 0.29) is 0 Å². The van der Waals surface area contributed by atoms with E-state index in [1.54, 1.807) is 0 Å². The van der Waals surface area contributed by atoms with Gasteiger partial charge in [-0.25, -0.2) is 0 Å². The molecule has 0 aliphatic rings. The van der Waals surface area contributed by atoms with E-state index >= 15 is 0 Å². The first-order valence-electron chi connectivity index (χ1n) is 4.64. The Morgan fingerprint density at radius 2 is 1.92 bits per heavy atom. The standard InChI is InChI=1S/C9H12ClN.C2H6/c1-7-4-3-5-9(10)8(7)6-11-2;1-2/h3-5,11H,6H2,1-2H3;1-2H3. The molecule has 74 valence electrons. The lowest BCUT2D eigenvalue weighted by atomic mass is 10.1. The van der Waals surface area contributed by atoms with Crippen LogP contribution in [0.25, 0.3) is 0 Å². The van der Waals surface area contributed by atoms with Crippen LogP contribution >= 0.6 is 11.6 Å². The highest BCUT2D eigenvalue weighted by Crippen LogP contribution is 2.18. The molecule has 1 aromatic carbocycles. The number of nitrogens with one attached hydrogen (secondary N) is 1. The van der Waals surface area contributed by atoms with Crippen LogP contribution in [0.15, 0.2) is 18.2 Å². The lowest BCUT2D eigenvalue weighted by Crippen LogP contribution is -2.06. The Bertz CT molecular complexity index is 226. The summed E-state index contributed by atoms with van der Waals surface area (Å²) in [6.45, 7) is 6.91. The highest BCUT2D eigenvalue weighted by molar-refractivity contribution is 6.31. The molecule has 0 aliphatic carbocycles. The molecule has 0 bridgehead atoms. The van der Waals surface area contributed by atoms with E-state index in [9.17, 15) is 0 Å². The SMILES string of the molecule is CC.CNCc1c(C)cccc1Cl. The molecule has 1 rings (SSSR count). The van der Waals surface area contributed by atoms with E-state index in [4.69, 9.17) is 11.6 Å². The number of halogens is 1. The summed E-state index contributed by atoms with van der Waals surface area (Å²) in [6, 6.07) is 5.95. The first-order valence-corrected chi connectivity index (χ1v) is 5.02. The summed E-state index contributed by atoms with van der Waals surface area (Å²) in [4.78, 5) is 0. The fourth-order valence-electron chi connectivity index (χ4n) is 1.07. The Morgan fingerprint density at radius 3 is 2.38 bits per heavy atom. The molecule has 0 heterocycles. The lowest BCUT2D eigenvalue weighted by Gasteiger charge is -2.06. The van der Waals surface area contributed by atoms with Crippen LogP contribution in [0.1, 0.15) is 25.0 Å². The van der Waals surface area contributed by atoms with Crippen LogP contribution in [0.3, 0.4) is 0 Å². The van der Waals surface area contributed by atoms with Crippen LogP contribution in [0.4, 0.5) is 0 Å². The van der Waals surface area contributed by atoms with Gasteiger partial charge in [-0.1, -0.05) is 37.6 Å². The fourth-order valence-corrected chi connectivity index (χ4v) is 1.36. The van der Waals surface area contributed by atoms with Crippen molar-refractivity contribution in [1.82, 2.24) is 5.32 Å². The third kappa shape index (κ3) is 3.79. The predicted octanol–water partition coefficient (Wildman–Crippen LogP) is 3.39. The van der Waals surface area contributed by atoms with Gasteiger partial charge < -0.3 is 5.32 Å². The summed E-state index contributed by atoms with van der Waals surface area (Å²) >= 11 is 5.97. The maximum absolute atomic E-state index is 5.97. The molecule has 0 saturated heterocycles. The van der Waals surface area contributed by atoms with Gasteiger partial charge in [0.1, 0.15) is 0 Å². The van der Waals surface area contributed by atoms with Crippen molar-refractivity contribution in [3.05, 3.63) is 34.3 Å². The van der Waals surface area contributed by atoms with Gasteiger partial charge in [-0.05, 0) is 31.2 Å². The molecule has 0 aliphatic heterocycles. The maximum atomic E-state index is 5.97. The third-order valence-electron chi connectivity index (χ3n) is 1.71. The van der Waals surface area contributed by atoms with Crippen LogP contribution in [-0.2, 0) is 6.54 Å². The summed E-state index contributed by atoms with van der Waals surface area (Å²) in [5, 5.41) is 3.93. The minimum absolute atomic E-state index is 0.839. The second-order valence-electron chi connectivity index (χ2n) is 2.57. The summed E-state index contributed by atoms with van der Waals surface area (Å²) in [5.74, 6) is 0. The molecule has 0 fully saturated rings. The number of benzene rings is 1. The number of aryl methyl sites for hydroxylation is 1. The van der Waals surface area contributed by atoms with Crippen molar-refractivity contribution in [2.24, 2.45) is 0 Å². The van der Waals surface area contributed by atoms with Crippen LogP contribution in [0.2, 0.25) is 5.02 Å². The second-order valence-corrected chi connectivity index (χ2v) is 2.97. The number of hydrogen-bond acceptors (Lipinski definition) is 1. The van der Waals surface area contributed by atoms with Gasteiger partial charge in [0.05, 0.1) is 0 Å². The number of hydrogen-bond donors (Lipinski definition) is 1. The minimum Gasteiger partial charge on any atom is -0.316 e. The summed E-state index contributed by atoms with van der Waals surface area (Å²) < 4.78 is 0. The van der Waals surface area contributed by atoms with E-state index < -0.39 is 0 Å². The Balaban J connectivity index is 0.000000671. The Kier molecular flexibility index (Phi) is 6.65. The molecule has 1 aromatic rings. The quantitative estimate of drug-likeness (QED) is 0.770. The van der Waals surface area contributed by atoms with E-state index in [0.717, 1.165) is 11.6 Å². The molecule has 0 spiro atoms. The van der Waals surface area contributed by atoms with Gasteiger partial charge in [-0.15, -0.1) is 0 Å². The highest BCUT2D eigenvalue weighted by atomic mass is 35.5. The van der Waals surface area contributed by atoms with Crippen molar-refractivity contribution in [3.8, 4) is 0 Å². The van der Waals surface area contributed by atoms with Crippen molar-refractivity contribution in [2.45, 2.75) is 27.3 Å². The van der Waals surface area contributed by atoms with Gasteiger partial charge in [-0.2, -0.15) is 0 Å². The topological polar surface area (TPSA) is 12.0 Å². The smallest absolute Gasteiger partial charge is 0.0453 e. The zero-order chi connectivity index (χ0) is 10.3. The molecule has 0 aromatic heterocycles. The molecule has 0 saturated carbocycles. The molecule has 13 heavy (non-hydrogen) atoms. The molecule has 0 radical (unpaired) electrons. The van der Waals surface area contributed by atoms with Crippen LogP contribution in [0.5, 0.6) is 0 Å². The molecular formula is C11H18ClN. The molecule has 2 heteroatoms. The molecule has 1 nitrogen and oxygen atoms in total. The van der Waals surface area contributed by atoms with Crippen LogP contribution in [-0.4, -0.2) is 7.05 Å². The van der Waals surface area contributed by atoms with Crippen molar-refractivity contribution >= 4 is 11.6 Å².